The van der Waals surface area contributed by atoms with Crippen LogP contribution >= 0.6 is 0 Å². The van der Waals surface area contributed by atoms with Crippen molar-refractivity contribution in [1.29, 1.82) is 0 Å². The molecule has 0 spiro atoms. The van der Waals surface area contributed by atoms with E-state index in [0.717, 1.165) is 18.4 Å². The number of carbonyl (C=O) groups is 1. The number of anilines is 1. The van der Waals surface area contributed by atoms with E-state index in [9.17, 15) is 4.79 Å². The average molecular weight is 343 g/mol. The van der Waals surface area contributed by atoms with Gasteiger partial charge in [-0.25, -0.2) is 4.98 Å². The highest BCUT2D eigenvalue weighted by atomic mass is 16.5. The molecule has 3 rings (SSSR count). The van der Waals surface area contributed by atoms with Gasteiger partial charge in [0.15, 0.2) is 5.69 Å². The summed E-state index contributed by atoms with van der Waals surface area (Å²) in [5.74, 6) is 0.953. The highest BCUT2D eigenvalue weighted by Crippen LogP contribution is 2.11. The molecule has 25 heavy (non-hydrogen) atoms. The SMILES string of the molecule is COc1cc(CNc2ccc(C(=O)NC3CCOCC3)nn2)ccn1. The minimum absolute atomic E-state index is 0.141. The van der Waals surface area contributed by atoms with Crippen molar-refractivity contribution >= 4 is 11.7 Å². The van der Waals surface area contributed by atoms with Crippen LogP contribution in [0.25, 0.3) is 0 Å². The minimum atomic E-state index is -0.204. The maximum Gasteiger partial charge on any atom is 0.272 e. The molecule has 2 aromatic heterocycles. The van der Waals surface area contributed by atoms with E-state index in [4.69, 9.17) is 9.47 Å². The standard InChI is InChI=1S/C17H21N5O3/c1-24-16-10-12(4-7-18-16)11-19-15-3-2-14(21-22-15)17(23)20-13-5-8-25-9-6-13/h2-4,7,10,13H,5-6,8-9,11H2,1H3,(H,19,22)(H,20,23). The Labute approximate surface area is 146 Å². The van der Waals surface area contributed by atoms with Gasteiger partial charge in [0, 0.05) is 38.1 Å². The molecule has 1 aliphatic heterocycles. The molecule has 1 amide bonds. The normalized spacial score (nSPS) is 14.8. The summed E-state index contributed by atoms with van der Waals surface area (Å²) in [6, 6.07) is 7.28. The van der Waals surface area contributed by atoms with Crippen LogP contribution in [0.2, 0.25) is 0 Å². The number of hydrogen-bond acceptors (Lipinski definition) is 7. The van der Waals surface area contributed by atoms with Crippen molar-refractivity contribution in [2.24, 2.45) is 0 Å². The second kappa shape index (κ2) is 8.39. The predicted octanol–water partition coefficient (Wildman–Crippen LogP) is 1.40. The van der Waals surface area contributed by atoms with Crippen molar-refractivity contribution in [3.63, 3.8) is 0 Å². The molecule has 0 unspecified atom stereocenters. The van der Waals surface area contributed by atoms with Gasteiger partial charge in [-0.2, -0.15) is 0 Å². The predicted molar refractivity (Wildman–Crippen MR) is 91.5 cm³/mol. The van der Waals surface area contributed by atoms with E-state index in [1.807, 2.05) is 12.1 Å². The first-order chi connectivity index (χ1) is 12.2. The van der Waals surface area contributed by atoms with Crippen LogP contribution in [-0.2, 0) is 11.3 Å². The molecule has 2 N–H and O–H groups in total. The molecule has 132 valence electrons. The van der Waals surface area contributed by atoms with Gasteiger partial charge < -0.3 is 20.1 Å². The summed E-state index contributed by atoms with van der Waals surface area (Å²) < 4.78 is 10.4. The molecule has 0 aliphatic carbocycles. The highest BCUT2D eigenvalue weighted by molar-refractivity contribution is 5.92. The first-order valence-corrected chi connectivity index (χ1v) is 8.20. The first kappa shape index (κ1) is 17.1. The fourth-order valence-corrected chi connectivity index (χ4v) is 2.51. The van der Waals surface area contributed by atoms with Crippen molar-refractivity contribution in [1.82, 2.24) is 20.5 Å². The Morgan fingerprint density at radius 2 is 2.12 bits per heavy atom. The second-order valence-electron chi connectivity index (χ2n) is 5.72. The number of pyridine rings is 1. The summed E-state index contributed by atoms with van der Waals surface area (Å²) in [6.07, 6.45) is 3.34. The lowest BCUT2D eigenvalue weighted by atomic mass is 10.1. The monoisotopic (exact) mass is 343 g/mol. The van der Waals surface area contributed by atoms with E-state index in [2.05, 4.69) is 25.8 Å². The number of aromatic nitrogens is 3. The fraction of sp³-hybridized carbons (Fsp3) is 0.412. The number of methoxy groups -OCH3 is 1. The average Bonchev–Trinajstić information content (AvgIpc) is 2.67. The Bertz CT molecular complexity index is 702. The van der Waals surface area contributed by atoms with Gasteiger partial charge in [0.25, 0.3) is 5.91 Å². The molecular weight excluding hydrogens is 322 g/mol. The minimum Gasteiger partial charge on any atom is -0.481 e. The molecule has 1 saturated heterocycles. The van der Waals surface area contributed by atoms with Crippen LogP contribution in [0.15, 0.2) is 30.5 Å². The third-order valence-corrected chi connectivity index (χ3v) is 3.94. The Morgan fingerprint density at radius 3 is 2.84 bits per heavy atom. The van der Waals surface area contributed by atoms with E-state index in [-0.39, 0.29) is 11.9 Å². The second-order valence-corrected chi connectivity index (χ2v) is 5.72. The third kappa shape index (κ3) is 4.87. The first-order valence-electron chi connectivity index (χ1n) is 8.20. The summed E-state index contributed by atoms with van der Waals surface area (Å²) >= 11 is 0. The summed E-state index contributed by atoms with van der Waals surface area (Å²) in [7, 11) is 1.58. The van der Waals surface area contributed by atoms with Crippen LogP contribution in [0.5, 0.6) is 5.88 Å². The molecule has 8 nitrogen and oxygen atoms in total. The van der Waals surface area contributed by atoms with Gasteiger partial charge in [-0.15, -0.1) is 10.2 Å². The number of hydrogen-bond donors (Lipinski definition) is 2. The van der Waals surface area contributed by atoms with Gasteiger partial charge in [0.2, 0.25) is 5.88 Å². The molecule has 3 heterocycles. The van der Waals surface area contributed by atoms with Crippen molar-refractivity contribution in [3.05, 3.63) is 41.7 Å². The smallest absolute Gasteiger partial charge is 0.272 e. The van der Waals surface area contributed by atoms with E-state index >= 15 is 0 Å². The zero-order valence-corrected chi connectivity index (χ0v) is 14.1. The van der Waals surface area contributed by atoms with Crippen molar-refractivity contribution < 1.29 is 14.3 Å². The maximum absolute atomic E-state index is 12.2. The molecular formula is C17H21N5O3. The molecule has 0 radical (unpaired) electrons. The van der Waals surface area contributed by atoms with Crippen LogP contribution in [0.4, 0.5) is 5.82 Å². The quantitative estimate of drug-likeness (QED) is 0.818. The molecule has 0 atom stereocenters. The van der Waals surface area contributed by atoms with Gasteiger partial charge in [-0.1, -0.05) is 0 Å². The number of nitrogens with one attached hydrogen (secondary N) is 2. The van der Waals surface area contributed by atoms with Gasteiger partial charge in [-0.05, 0) is 36.6 Å². The number of rotatable bonds is 6. The van der Waals surface area contributed by atoms with Crippen molar-refractivity contribution in [2.45, 2.75) is 25.4 Å². The molecule has 0 aromatic carbocycles. The van der Waals surface area contributed by atoms with Crippen LogP contribution in [0.1, 0.15) is 28.9 Å². The zero-order valence-electron chi connectivity index (χ0n) is 14.1. The summed E-state index contributed by atoms with van der Waals surface area (Å²) in [5, 5.41) is 14.2. The van der Waals surface area contributed by atoms with Crippen LogP contribution in [0, 0.1) is 0 Å². The van der Waals surface area contributed by atoms with Gasteiger partial charge in [-0.3, -0.25) is 4.79 Å². The Kier molecular flexibility index (Phi) is 5.73. The van der Waals surface area contributed by atoms with Crippen LogP contribution < -0.4 is 15.4 Å². The lowest BCUT2D eigenvalue weighted by molar-refractivity contribution is 0.0693. The van der Waals surface area contributed by atoms with E-state index in [0.29, 0.717) is 37.2 Å². The Hall–Kier alpha value is -2.74. The van der Waals surface area contributed by atoms with E-state index in [1.54, 1.807) is 25.4 Å². The van der Waals surface area contributed by atoms with Crippen molar-refractivity contribution in [2.75, 3.05) is 25.6 Å². The highest BCUT2D eigenvalue weighted by Gasteiger charge is 2.17. The lowest BCUT2D eigenvalue weighted by Gasteiger charge is -2.22. The third-order valence-electron chi connectivity index (χ3n) is 3.94. The van der Waals surface area contributed by atoms with Gasteiger partial charge >= 0.3 is 0 Å². The van der Waals surface area contributed by atoms with Crippen molar-refractivity contribution in [3.8, 4) is 5.88 Å². The number of nitrogens with zero attached hydrogens (tertiary/aromatic N) is 3. The fourth-order valence-electron chi connectivity index (χ4n) is 2.51. The van der Waals surface area contributed by atoms with Gasteiger partial charge in [0.1, 0.15) is 5.82 Å². The Balaban J connectivity index is 1.53. The number of ether oxygens (including phenoxy) is 2. The summed E-state index contributed by atoms with van der Waals surface area (Å²) in [6.45, 7) is 1.92. The summed E-state index contributed by atoms with van der Waals surface area (Å²) in [5.41, 5.74) is 1.32. The molecule has 1 fully saturated rings. The molecule has 0 saturated carbocycles. The largest absolute Gasteiger partial charge is 0.481 e. The Morgan fingerprint density at radius 1 is 1.28 bits per heavy atom. The molecule has 8 heteroatoms. The summed E-state index contributed by atoms with van der Waals surface area (Å²) in [4.78, 5) is 16.2. The number of carbonyl (C=O) groups excluding carboxylic acids is 1. The van der Waals surface area contributed by atoms with E-state index in [1.165, 1.54) is 0 Å². The number of amides is 1. The molecule has 0 bridgehead atoms. The lowest BCUT2D eigenvalue weighted by Crippen LogP contribution is -2.39. The molecule has 2 aromatic rings. The van der Waals surface area contributed by atoms with E-state index < -0.39 is 0 Å². The van der Waals surface area contributed by atoms with Crippen LogP contribution in [0.3, 0.4) is 0 Å². The topological polar surface area (TPSA) is 98.3 Å². The maximum atomic E-state index is 12.2. The van der Waals surface area contributed by atoms with Gasteiger partial charge in [0.05, 0.1) is 7.11 Å². The van der Waals surface area contributed by atoms with Crippen LogP contribution in [-0.4, -0.2) is 47.5 Å². The zero-order chi connectivity index (χ0) is 17.5. The molecule has 1 aliphatic rings.